The van der Waals surface area contributed by atoms with Crippen LogP contribution in [-0.2, 0) is 4.74 Å². The molecule has 4 N–H and O–H groups in total. The Balaban J connectivity index is 1.90. The van der Waals surface area contributed by atoms with Gasteiger partial charge in [-0.15, -0.1) is 0 Å². The number of hydrogen-bond acceptors (Lipinski definition) is 6. The molecule has 7 nitrogen and oxygen atoms in total. The summed E-state index contributed by atoms with van der Waals surface area (Å²) in [5, 5.41) is 5.18. The first kappa shape index (κ1) is 12.1. The van der Waals surface area contributed by atoms with E-state index in [9.17, 15) is 0 Å². The quantitative estimate of drug-likeness (QED) is 0.685. The van der Waals surface area contributed by atoms with Gasteiger partial charge in [-0.05, 0) is 12.1 Å². The number of nitrogens with two attached hydrogens (primary N) is 2. The summed E-state index contributed by atoms with van der Waals surface area (Å²) in [6, 6.07) is 5.84. The van der Waals surface area contributed by atoms with Gasteiger partial charge in [0.25, 0.3) is 0 Å². The minimum absolute atomic E-state index is 0.225. The maximum atomic E-state index is 6.08. The molecule has 0 unspecified atom stereocenters. The highest BCUT2D eigenvalue weighted by Gasteiger charge is 2.22. The Kier molecular flexibility index (Phi) is 2.55. The molecule has 0 saturated carbocycles. The van der Waals surface area contributed by atoms with Gasteiger partial charge >= 0.3 is 0 Å². The van der Waals surface area contributed by atoms with E-state index < -0.39 is 0 Å². The molecule has 21 heavy (non-hydrogen) atoms. The Morgan fingerprint density at radius 3 is 2.81 bits per heavy atom. The van der Waals surface area contributed by atoms with E-state index in [2.05, 4.69) is 15.1 Å². The van der Waals surface area contributed by atoms with Crippen molar-refractivity contribution in [2.24, 2.45) is 0 Å². The van der Waals surface area contributed by atoms with E-state index in [-0.39, 0.29) is 5.95 Å². The molecule has 1 aliphatic heterocycles. The molecule has 1 fully saturated rings. The van der Waals surface area contributed by atoms with Crippen molar-refractivity contribution in [2.75, 3.05) is 24.7 Å². The molecule has 0 spiro atoms. The van der Waals surface area contributed by atoms with Gasteiger partial charge in [0.15, 0.2) is 0 Å². The van der Waals surface area contributed by atoms with Gasteiger partial charge in [0, 0.05) is 22.8 Å². The van der Waals surface area contributed by atoms with Crippen LogP contribution in [0.15, 0.2) is 30.6 Å². The molecular weight excluding hydrogens is 268 g/mol. The number of anilines is 2. The van der Waals surface area contributed by atoms with Gasteiger partial charge in [0.2, 0.25) is 5.95 Å². The van der Waals surface area contributed by atoms with Gasteiger partial charge in [0.1, 0.15) is 0 Å². The fourth-order valence-corrected chi connectivity index (χ4v) is 2.47. The number of ether oxygens (including phenoxy) is 1. The minimum Gasteiger partial charge on any atom is -0.398 e. The lowest BCUT2D eigenvalue weighted by atomic mass is 10.1. The van der Waals surface area contributed by atoms with E-state index in [1.165, 1.54) is 0 Å². The molecule has 106 valence electrons. The van der Waals surface area contributed by atoms with Crippen LogP contribution in [0.1, 0.15) is 6.04 Å². The molecule has 0 amide bonds. The number of aromatic nitrogens is 4. The van der Waals surface area contributed by atoms with Crippen molar-refractivity contribution in [3.63, 3.8) is 0 Å². The number of fused-ring (bicyclic) bond motifs is 1. The third-order valence-corrected chi connectivity index (χ3v) is 3.64. The molecule has 2 aromatic heterocycles. The average molecular weight is 282 g/mol. The fraction of sp³-hybridized carbons (Fsp3) is 0.214. The molecule has 0 aliphatic carbocycles. The second-order valence-electron chi connectivity index (χ2n) is 5.07. The van der Waals surface area contributed by atoms with E-state index in [0.29, 0.717) is 30.6 Å². The molecule has 7 heteroatoms. The monoisotopic (exact) mass is 282 g/mol. The van der Waals surface area contributed by atoms with Crippen LogP contribution in [0.3, 0.4) is 0 Å². The molecule has 3 aromatic rings. The fourth-order valence-electron chi connectivity index (χ4n) is 2.47. The predicted octanol–water partition coefficient (Wildman–Crippen LogP) is 1.23. The SMILES string of the molecule is Nc1nc(-c2cnn(C3COC3)c2)c2c(N)cccc2n1. The van der Waals surface area contributed by atoms with Crippen LogP contribution < -0.4 is 11.5 Å². The number of rotatable bonds is 2. The number of hydrogen-bond donors (Lipinski definition) is 2. The lowest BCUT2D eigenvalue weighted by Gasteiger charge is -2.25. The van der Waals surface area contributed by atoms with Crippen LogP contribution in [0.25, 0.3) is 22.2 Å². The summed E-state index contributed by atoms with van der Waals surface area (Å²) in [4.78, 5) is 8.58. The molecule has 1 aliphatic rings. The molecule has 1 aromatic carbocycles. The zero-order valence-electron chi connectivity index (χ0n) is 11.2. The average Bonchev–Trinajstić information content (AvgIpc) is 2.85. The predicted molar refractivity (Wildman–Crippen MR) is 79.4 cm³/mol. The van der Waals surface area contributed by atoms with Crippen LogP contribution in [0.4, 0.5) is 11.6 Å². The largest absolute Gasteiger partial charge is 0.398 e. The highest BCUT2D eigenvalue weighted by Crippen LogP contribution is 2.31. The highest BCUT2D eigenvalue weighted by atomic mass is 16.5. The summed E-state index contributed by atoms with van der Waals surface area (Å²) in [6.07, 6.45) is 3.72. The molecular formula is C14H14N6O. The van der Waals surface area contributed by atoms with E-state index in [1.54, 1.807) is 6.20 Å². The molecule has 3 heterocycles. The zero-order chi connectivity index (χ0) is 14.4. The first-order valence-electron chi connectivity index (χ1n) is 6.66. The lowest BCUT2D eigenvalue weighted by Crippen LogP contribution is -2.30. The van der Waals surface area contributed by atoms with Crippen molar-refractivity contribution >= 4 is 22.5 Å². The van der Waals surface area contributed by atoms with E-state index in [0.717, 1.165) is 16.5 Å². The minimum atomic E-state index is 0.225. The van der Waals surface area contributed by atoms with Gasteiger partial charge in [-0.3, -0.25) is 4.68 Å². The topological polar surface area (TPSA) is 105 Å². The van der Waals surface area contributed by atoms with Gasteiger partial charge in [-0.25, -0.2) is 9.97 Å². The van der Waals surface area contributed by atoms with Crippen LogP contribution in [0.2, 0.25) is 0 Å². The Bertz CT molecular complexity index is 823. The van der Waals surface area contributed by atoms with Crippen LogP contribution in [0, 0.1) is 0 Å². The first-order chi connectivity index (χ1) is 10.2. The molecule has 1 saturated heterocycles. The maximum absolute atomic E-state index is 6.08. The Labute approximate surface area is 120 Å². The van der Waals surface area contributed by atoms with Crippen LogP contribution in [0.5, 0.6) is 0 Å². The molecule has 0 radical (unpaired) electrons. The Morgan fingerprint density at radius 2 is 2.05 bits per heavy atom. The Hall–Kier alpha value is -2.67. The highest BCUT2D eigenvalue weighted by molar-refractivity contribution is 6.01. The van der Waals surface area contributed by atoms with E-state index in [4.69, 9.17) is 16.2 Å². The van der Waals surface area contributed by atoms with E-state index in [1.807, 2.05) is 29.1 Å². The zero-order valence-corrected chi connectivity index (χ0v) is 11.2. The van der Waals surface area contributed by atoms with Crippen LogP contribution >= 0.6 is 0 Å². The van der Waals surface area contributed by atoms with Gasteiger partial charge < -0.3 is 16.2 Å². The van der Waals surface area contributed by atoms with Crippen molar-refractivity contribution in [3.05, 3.63) is 30.6 Å². The third kappa shape index (κ3) is 1.90. The van der Waals surface area contributed by atoms with Crippen LogP contribution in [-0.4, -0.2) is 33.0 Å². The Morgan fingerprint density at radius 1 is 1.19 bits per heavy atom. The number of nitrogen functional groups attached to an aromatic ring is 2. The molecule has 4 rings (SSSR count). The number of benzene rings is 1. The number of nitrogens with zero attached hydrogens (tertiary/aromatic N) is 4. The summed E-state index contributed by atoms with van der Waals surface area (Å²) < 4.78 is 7.08. The van der Waals surface area contributed by atoms with Gasteiger partial charge in [-0.2, -0.15) is 5.10 Å². The second-order valence-corrected chi connectivity index (χ2v) is 5.07. The van der Waals surface area contributed by atoms with Crippen molar-refractivity contribution < 1.29 is 4.74 Å². The summed E-state index contributed by atoms with van der Waals surface area (Å²) in [6.45, 7) is 1.38. The lowest BCUT2D eigenvalue weighted by molar-refractivity contribution is -0.0286. The van der Waals surface area contributed by atoms with Crippen molar-refractivity contribution in [1.82, 2.24) is 19.7 Å². The standard InChI is InChI=1S/C14H14N6O/c15-10-2-1-3-11-12(10)13(19-14(16)18-11)8-4-17-20(5-8)9-6-21-7-9/h1-5,9H,6-7,15H2,(H2,16,18,19). The summed E-state index contributed by atoms with van der Waals surface area (Å²) in [7, 11) is 0. The van der Waals surface area contributed by atoms with Crippen molar-refractivity contribution in [3.8, 4) is 11.3 Å². The van der Waals surface area contributed by atoms with Gasteiger partial charge in [0.05, 0.1) is 36.7 Å². The molecule has 0 atom stereocenters. The summed E-state index contributed by atoms with van der Waals surface area (Å²) in [5.41, 5.74) is 14.8. The van der Waals surface area contributed by atoms with E-state index >= 15 is 0 Å². The molecule has 0 bridgehead atoms. The summed E-state index contributed by atoms with van der Waals surface area (Å²) in [5.74, 6) is 0.225. The first-order valence-corrected chi connectivity index (χ1v) is 6.66. The summed E-state index contributed by atoms with van der Waals surface area (Å²) >= 11 is 0. The second kappa shape index (κ2) is 4.42. The van der Waals surface area contributed by atoms with Crippen molar-refractivity contribution in [1.29, 1.82) is 0 Å². The maximum Gasteiger partial charge on any atom is 0.221 e. The van der Waals surface area contributed by atoms with Gasteiger partial charge in [-0.1, -0.05) is 6.07 Å². The third-order valence-electron chi connectivity index (χ3n) is 3.64. The van der Waals surface area contributed by atoms with Crippen molar-refractivity contribution in [2.45, 2.75) is 6.04 Å². The smallest absolute Gasteiger partial charge is 0.221 e. The normalized spacial score (nSPS) is 15.2.